The first-order valence-corrected chi connectivity index (χ1v) is 7.18. The van der Waals surface area contributed by atoms with Crippen LogP contribution in [-0.4, -0.2) is 41.0 Å². The molecule has 6 nitrogen and oxygen atoms in total. The van der Waals surface area contributed by atoms with Crippen molar-refractivity contribution < 1.29 is 24.6 Å². The first kappa shape index (κ1) is 18.6. The topological polar surface area (TPSA) is 104 Å². The molecule has 1 atom stereocenters. The van der Waals surface area contributed by atoms with Crippen LogP contribution in [0.25, 0.3) is 0 Å². The minimum Gasteiger partial charge on any atom is -0.480 e. The maximum Gasteiger partial charge on any atom is 0.326 e. The van der Waals surface area contributed by atoms with Gasteiger partial charge in [-0.1, -0.05) is 25.7 Å². The maximum absolute atomic E-state index is 11.5. The zero-order valence-electron chi connectivity index (χ0n) is 11.8. The summed E-state index contributed by atoms with van der Waals surface area (Å²) < 4.78 is 0. The number of carbonyl (C=O) groups excluding carboxylic acids is 2. The lowest BCUT2D eigenvalue weighted by molar-refractivity contribution is -0.142. The molecule has 0 aliphatic heterocycles. The second-order valence-electron chi connectivity index (χ2n) is 4.80. The lowest BCUT2D eigenvalue weighted by Gasteiger charge is -2.12. The Labute approximate surface area is 119 Å². The van der Waals surface area contributed by atoms with Crippen LogP contribution >= 0.6 is 0 Å². The normalized spacial score (nSPS) is 11.8. The van der Waals surface area contributed by atoms with Crippen molar-refractivity contribution in [1.82, 2.24) is 5.32 Å². The highest BCUT2D eigenvalue weighted by Gasteiger charge is 2.18. The van der Waals surface area contributed by atoms with E-state index >= 15 is 0 Å². The minimum atomic E-state index is -1.12. The minimum absolute atomic E-state index is 0.0256. The number of aliphatic carboxylic acids is 1. The second kappa shape index (κ2) is 12.6. The number of aliphatic hydroxyl groups is 1. The lowest BCUT2D eigenvalue weighted by Crippen LogP contribution is -2.41. The molecule has 0 aliphatic carbocycles. The fraction of sp³-hybridized carbons (Fsp3) is 0.786. The molecule has 3 N–H and O–H groups in total. The van der Waals surface area contributed by atoms with Gasteiger partial charge >= 0.3 is 5.97 Å². The van der Waals surface area contributed by atoms with Gasteiger partial charge in [0.25, 0.3) is 0 Å². The van der Waals surface area contributed by atoms with Crippen molar-refractivity contribution in [2.45, 2.75) is 63.8 Å². The molecule has 1 amide bonds. The van der Waals surface area contributed by atoms with Crippen LogP contribution in [0.15, 0.2) is 0 Å². The Morgan fingerprint density at radius 3 is 2.20 bits per heavy atom. The van der Waals surface area contributed by atoms with Crippen molar-refractivity contribution in [2.24, 2.45) is 0 Å². The Hall–Kier alpha value is -1.43. The number of carboxylic acid groups (broad SMARTS) is 1. The van der Waals surface area contributed by atoms with Gasteiger partial charge in [0.1, 0.15) is 12.3 Å². The van der Waals surface area contributed by atoms with Gasteiger partial charge in [-0.05, 0) is 12.8 Å². The molecule has 0 aromatic heterocycles. The number of carboxylic acids is 1. The molecule has 0 rings (SSSR count). The van der Waals surface area contributed by atoms with Gasteiger partial charge in [0.2, 0.25) is 5.91 Å². The fourth-order valence-corrected chi connectivity index (χ4v) is 1.87. The molecule has 0 radical (unpaired) electrons. The number of hydrogen-bond donors (Lipinski definition) is 3. The molecule has 0 saturated heterocycles. The van der Waals surface area contributed by atoms with E-state index in [0.29, 0.717) is 12.8 Å². The summed E-state index contributed by atoms with van der Waals surface area (Å²) in [5.41, 5.74) is 0. The molecule has 6 heteroatoms. The molecule has 0 spiro atoms. The van der Waals surface area contributed by atoms with Crippen LogP contribution in [0.5, 0.6) is 0 Å². The predicted molar refractivity (Wildman–Crippen MR) is 74.3 cm³/mol. The van der Waals surface area contributed by atoms with E-state index in [1.54, 1.807) is 0 Å². The number of unbranched alkanes of at least 4 members (excludes halogenated alkanes) is 6. The van der Waals surface area contributed by atoms with E-state index in [4.69, 9.17) is 10.2 Å². The third kappa shape index (κ3) is 10.5. The average molecular weight is 287 g/mol. The highest BCUT2D eigenvalue weighted by Crippen LogP contribution is 2.08. The van der Waals surface area contributed by atoms with Gasteiger partial charge in [0, 0.05) is 25.9 Å². The van der Waals surface area contributed by atoms with E-state index in [9.17, 15) is 14.4 Å². The Kier molecular flexibility index (Phi) is 11.7. The summed E-state index contributed by atoms with van der Waals surface area (Å²) in [5, 5.41) is 19.9. The molecule has 0 heterocycles. The van der Waals surface area contributed by atoms with E-state index in [-0.39, 0.29) is 18.9 Å². The SMILES string of the molecule is O=CCCCCCCCCC(=O)N[C@@H](CCO)C(=O)O. The molecule has 0 saturated carbocycles. The zero-order valence-corrected chi connectivity index (χ0v) is 11.8. The van der Waals surface area contributed by atoms with Crippen LogP contribution < -0.4 is 5.32 Å². The van der Waals surface area contributed by atoms with Crippen LogP contribution in [0.1, 0.15) is 57.8 Å². The third-order valence-electron chi connectivity index (χ3n) is 3.03. The van der Waals surface area contributed by atoms with Crippen molar-refractivity contribution in [3.8, 4) is 0 Å². The smallest absolute Gasteiger partial charge is 0.326 e. The molecule has 0 aromatic carbocycles. The van der Waals surface area contributed by atoms with Crippen LogP contribution in [0.4, 0.5) is 0 Å². The Balaban J connectivity index is 3.57. The largest absolute Gasteiger partial charge is 0.480 e. The molecule has 0 bridgehead atoms. The van der Waals surface area contributed by atoms with Crippen LogP contribution in [0.2, 0.25) is 0 Å². The van der Waals surface area contributed by atoms with Crippen LogP contribution in [-0.2, 0) is 14.4 Å². The molecule has 20 heavy (non-hydrogen) atoms. The Bertz CT molecular complexity index is 293. The fourth-order valence-electron chi connectivity index (χ4n) is 1.87. The van der Waals surface area contributed by atoms with Gasteiger partial charge < -0.3 is 20.3 Å². The number of rotatable bonds is 13. The maximum atomic E-state index is 11.5. The summed E-state index contributed by atoms with van der Waals surface area (Å²) in [6.45, 7) is -0.266. The first-order chi connectivity index (χ1) is 9.61. The van der Waals surface area contributed by atoms with Gasteiger partial charge in [0.15, 0.2) is 0 Å². The van der Waals surface area contributed by atoms with Crippen molar-refractivity contribution in [2.75, 3.05) is 6.61 Å². The van der Waals surface area contributed by atoms with E-state index in [2.05, 4.69) is 5.32 Å². The molecule has 0 aliphatic rings. The third-order valence-corrected chi connectivity index (χ3v) is 3.03. The number of carbonyl (C=O) groups is 3. The van der Waals surface area contributed by atoms with Crippen molar-refractivity contribution in [3.05, 3.63) is 0 Å². The van der Waals surface area contributed by atoms with Crippen LogP contribution in [0.3, 0.4) is 0 Å². The summed E-state index contributed by atoms with van der Waals surface area (Å²) in [7, 11) is 0. The second-order valence-corrected chi connectivity index (χ2v) is 4.80. The standard InChI is InChI=1S/C14H25NO5/c16-10-7-5-3-1-2-4-6-8-13(18)15-12(9-11-17)14(19)20/h10,12,17H,1-9,11H2,(H,15,18)(H,19,20)/t12-/m0/s1. The summed E-state index contributed by atoms with van der Waals surface area (Å²) in [6, 6.07) is -1.00. The van der Waals surface area contributed by atoms with Crippen molar-refractivity contribution in [3.63, 3.8) is 0 Å². The molecular formula is C14H25NO5. The van der Waals surface area contributed by atoms with Gasteiger partial charge in [-0.25, -0.2) is 4.79 Å². The van der Waals surface area contributed by atoms with Gasteiger partial charge in [-0.15, -0.1) is 0 Å². The Morgan fingerprint density at radius 1 is 1.05 bits per heavy atom. The summed E-state index contributed by atoms with van der Waals surface area (Å²) in [6.07, 6.45) is 7.55. The Morgan fingerprint density at radius 2 is 1.65 bits per heavy atom. The first-order valence-electron chi connectivity index (χ1n) is 7.18. The number of aldehydes is 1. The highest BCUT2D eigenvalue weighted by molar-refractivity contribution is 5.83. The quantitative estimate of drug-likeness (QED) is 0.349. The molecule has 116 valence electrons. The van der Waals surface area contributed by atoms with Crippen molar-refractivity contribution in [1.29, 1.82) is 0 Å². The summed E-state index contributed by atoms with van der Waals surface area (Å²) in [4.78, 5) is 32.4. The van der Waals surface area contributed by atoms with Gasteiger partial charge in [0.05, 0.1) is 0 Å². The monoisotopic (exact) mass is 287 g/mol. The average Bonchev–Trinajstić information content (AvgIpc) is 2.41. The number of hydrogen-bond acceptors (Lipinski definition) is 4. The summed E-state index contributed by atoms with van der Waals surface area (Å²) >= 11 is 0. The van der Waals surface area contributed by atoms with Gasteiger partial charge in [-0.3, -0.25) is 4.79 Å². The number of aliphatic hydroxyl groups excluding tert-OH is 1. The zero-order chi connectivity index (χ0) is 15.2. The van der Waals surface area contributed by atoms with Gasteiger partial charge in [-0.2, -0.15) is 0 Å². The van der Waals surface area contributed by atoms with Crippen LogP contribution in [0, 0.1) is 0 Å². The van der Waals surface area contributed by atoms with E-state index in [0.717, 1.165) is 44.8 Å². The molecule has 0 unspecified atom stereocenters. The molecule has 0 fully saturated rings. The summed E-state index contributed by atoms with van der Waals surface area (Å²) in [5.74, 6) is -1.41. The van der Waals surface area contributed by atoms with E-state index < -0.39 is 12.0 Å². The highest BCUT2D eigenvalue weighted by atomic mass is 16.4. The number of nitrogens with one attached hydrogen (secondary N) is 1. The lowest BCUT2D eigenvalue weighted by atomic mass is 10.1. The predicted octanol–water partition coefficient (Wildman–Crippen LogP) is 1.26. The molecule has 0 aromatic rings. The van der Waals surface area contributed by atoms with E-state index in [1.807, 2.05) is 0 Å². The van der Waals surface area contributed by atoms with Crippen molar-refractivity contribution >= 4 is 18.2 Å². The van der Waals surface area contributed by atoms with E-state index in [1.165, 1.54) is 0 Å². The molecular weight excluding hydrogens is 262 g/mol. The number of amides is 1.